The quantitative estimate of drug-likeness (QED) is 0.747. The van der Waals surface area contributed by atoms with Gasteiger partial charge in [0.15, 0.2) is 11.9 Å². The average molecular weight is 329 g/mol. The fourth-order valence-corrected chi connectivity index (χ4v) is 3.43. The van der Waals surface area contributed by atoms with Crippen molar-refractivity contribution in [2.75, 3.05) is 6.54 Å². The lowest BCUT2D eigenvalue weighted by atomic mass is 10.0. The molecule has 0 spiro atoms. The van der Waals surface area contributed by atoms with Gasteiger partial charge in [0.1, 0.15) is 17.7 Å². The largest absolute Gasteiger partial charge is 0.298 e. The van der Waals surface area contributed by atoms with E-state index >= 15 is 0 Å². The average Bonchev–Trinajstić information content (AvgIpc) is 3.22. The van der Waals surface area contributed by atoms with Gasteiger partial charge in [-0.05, 0) is 18.2 Å². The first-order valence-electron chi connectivity index (χ1n) is 7.78. The van der Waals surface area contributed by atoms with Crippen molar-refractivity contribution in [1.82, 2.24) is 14.6 Å². The number of aldehydes is 1. The number of rotatable bonds is 3. The van der Waals surface area contributed by atoms with E-state index in [1.807, 2.05) is 0 Å². The first kappa shape index (κ1) is 14.9. The van der Waals surface area contributed by atoms with Crippen LogP contribution in [-0.4, -0.2) is 27.4 Å². The minimum Gasteiger partial charge on any atom is -0.298 e. The van der Waals surface area contributed by atoms with E-state index in [0.717, 1.165) is 30.4 Å². The zero-order valence-electron chi connectivity index (χ0n) is 12.7. The molecule has 4 rings (SSSR count). The van der Waals surface area contributed by atoms with Gasteiger partial charge in [-0.15, -0.1) is 0 Å². The van der Waals surface area contributed by atoms with E-state index in [1.54, 1.807) is 12.3 Å². The summed E-state index contributed by atoms with van der Waals surface area (Å²) in [5.41, 5.74) is 1.25. The van der Waals surface area contributed by atoms with Crippen LogP contribution < -0.4 is 4.90 Å². The van der Waals surface area contributed by atoms with Gasteiger partial charge in [-0.2, -0.15) is 10.1 Å². The number of quaternary nitrogens is 1. The molecule has 1 aromatic carbocycles. The number of carbonyl (C=O) groups is 1. The summed E-state index contributed by atoms with van der Waals surface area (Å²) in [5, 5.41) is 4.06. The third kappa shape index (κ3) is 2.37. The van der Waals surface area contributed by atoms with Gasteiger partial charge in [-0.3, -0.25) is 9.69 Å². The molecule has 2 atom stereocenters. The molecule has 2 aromatic heterocycles. The van der Waals surface area contributed by atoms with E-state index in [0.29, 0.717) is 28.9 Å². The summed E-state index contributed by atoms with van der Waals surface area (Å²) in [7, 11) is 0. The highest BCUT2D eigenvalue weighted by Crippen LogP contribution is 2.25. The van der Waals surface area contributed by atoms with Crippen LogP contribution in [0.5, 0.6) is 0 Å². The van der Waals surface area contributed by atoms with Gasteiger partial charge in [0, 0.05) is 30.7 Å². The van der Waals surface area contributed by atoms with Crippen molar-refractivity contribution >= 4 is 17.8 Å². The summed E-state index contributed by atoms with van der Waals surface area (Å²) in [6.45, 7) is 0.772. The maximum Gasteiger partial charge on any atom is 0.229 e. The number of carbonyl (C=O) groups excluding carboxylic acids is 1. The van der Waals surface area contributed by atoms with Gasteiger partial charge in [-0.25, -0.2) is 13.3 Å². The molecule has 3 aromatic rings. The zero-order chi connectivity index (χ0) is 16.7. The lowest BCUT2D eigenvalue weighted by Crippen LogP contribution is -3.05. The van der Waals surface area contributed by atoms with Crippen LogP contribution >= 0.6 is 0 Å². The van der Waals surface area contributed by atoms with Crippen molar-refractivity contribution in [1.29, 1.82) is 0 Å². The van der Waals surface area contributed by atoms with Crippen LogP contribution in [0.2, 0.25) is 0 Å². The molecule has 1 fully saturated rings. The molecule has 122 valence electrons. The number of benzene rings is 1. The fraction of sp³-hybridized carbons (Fsp3) is 0.235. The van der Waals surface area contributed by atoms with Gasteiger partial charge in [0.2, 0.25) is 5.82 Å². The lowest BCUT2D eigenvalue weighted by molar-refractivity contribution is -0.854. The molecule has 1 aliphatic heterocycles. The Kier molecular flexibility index (Phi) is 3.57. The van der Waals surface area contributed by atoms with E-state index in [9.17, 15) is 13.6 Å². The summed E-state index contributed by atoms with van der Waals surface area (Å²) in [4.78, 5) is 16.6. The second-order valence-corrected chi connectivity index (χ2v) is 5.93. The monoisotopic (exact) mass is 329 g/mol. The highest BCUT2D eigenvalue weighted by Gasteiger charge is 2.35. The summed E-state index contributed by atoms with van der Waals surface area (Å²) >= 11 is 0. The number of nitrogens with zero attached hydrogens (tertiary/aromatic N) is 3. The summed E-state index contributed by atoms with van der Waals surface area (Å²) in [5.74, 6) is -0.142. The standard InChI is InChI=1S/C17H14F2N4O/c18-12-3-4-14(19)13(8-12)15-2-1-6-22(15)16-5-7-23-17(21-16)11(10-24)9-20-23/h3-5,7-10,15H,1-2,6H2/p+1. The number of nitrogens with one attached hydrogen (secondary N) is 1. The summed E-state index contributed by atoms with van der Waals surface area (Å²) < 4.78 is 29.3. The molecule has 0 radical (unpaired) electrons. The maximum atomic E-state index is 14.2. The molecule has 5 nitrogen and oxygen atoms in total. The molecule has 7 heteroatoms. The Labute approximate surface area is 136 Å². The summed E-state index contributed by atoms with van der Waals surface area (Å²) in [6.07, 6.45) is 5.55. The van der Waals surface area contributed by atoms with Crippen LogP contribution in [0.3, 0.4) is 0 Å². The molecule has 0 amide bonds. The van der Waals surface area contributed by atoms with E-state index in [2.05, 4.69) is 10.1 Å². The Morgan fingerprint density at radius 1 is 1.29 bits per heavy atom. The van der Waals surface area contributed by atoms with Crippen LogP contribution in [0.25, 0.3) is 5.65 Å². The van der Waals surface area contributed by atoms with E-state index < -0.39 is 11.6 Å². The highest BCUT2D eigenvalue weighted by molar-refractivity contribution is 5.83. The molecular formula is C17H15F2N4O+. The second-order valence-electron chi connectivity index (χ2n) is 5.93. The van der Waals surface area contributed by atoms with Crippen LogP contribution in [0.1, 0.15) is 34.8 Å². The Hall–Kier alpha value is -2.67. The molecule has 0 aliphatic carbocycles. The molecule has 0 saturated carbocycles. The maximum absolute atomic E-state index is 14.2. The van der Waals surface area contributed by atoms with Gasteiger partial charge < -0.3 is 0 Å². The van der Waals surface area contributed by atoms with E-state index in [1.165, 1.54) is 22.8 Å². The number of hydrogen-bond donors (Lipinski definition) is 1. The Morgan fingerprint density at radius 3 is 3.00 bits per heavy atom. The first-order valence-corrected chi connectivity index (χ1v) is 7.78. The molecule has 1 aliphatic rings. The lowest BCUT2D eigenvalue weighted by Gasteiger charge is -2.21. The van der Waals surface area contributed by atoms with Crippen molar-refractivity contribution in [2.45, 2.75) is 18.9 Å². The molecule has 1 N–H and O–H groups in total. The Balaban J connectivity index is 1.77. The highest BCUT2D eigenvalue weighted by atomic mass is 19.1. The molecule has 2 unspecified atom stereocenters. The predicted molar refractivity (Wildman–Crippen MR) is 82.2 cm³/mol. The fourth-order valence-electron chi connectivity index (χ4n) is 3.43. The smallest absolute Gasteiger partial charge is 0.229 e. The molecule has 24 heavy (non-hydrogen) atoms. The predicted octanol–water partition coefficient (Wildman–Crippen LogP) is 1.87. The SMILES string of the molecule is O=Cc1cnn2ccc([NH+]3CCCC3c3cc(F)ccc3F)nc12. The van der Waals surface area contributed by atoms with Crippen LogP contribution in [0.4, 0.5) is 14.6 Å². The van der Waals surface area contributed by atoms with Gasteiger partial charge in [-0.1, -0.05) is 0 Å². The van der Waals surface area contributed by atoms with Crippen molar-refractivity contribution in [3.05, 3.63) is 59.4 Å². The molecule has 3 heterocycles. The number of fused-ring (bicyclic) bond motifs is 1. The van der Waals surface area contributed by atoms with Crippen molar-refractivity contribution < 1.29 is 18.5 Å². The third-order valence-corrected chi connectivity index (χ3v) is 4.55. The van der Waals surface area contributed by atoms with Gasteiger partial charge >= 0.3 is 0 Å². The topological polar surface area (TPSA) is 51.7 Å². The van der Waals surface area contributed by atoms with Crippen LogP contribution in [-0.2, 0) is 0 Å². The van der Waals surface area contributed by atoms with E-state index in [-0.39, 0.29) is 6.04 Å². The molecule has 1 saturated heterocycles. The normalized spacial score (nSPS) is 20.6. The van der Waals surface area contributed by atoms with Crippen molar-refractivity contribution in [3.63, 3.8) is 0 Å². The zero-order valence-corrected chi connectivity index (χ0v) is 12.7. The Morgan fingerprint density at radius 2 is 2.17 bits per heavy atom. The number of hydrogen-bond acceptors (Lipinski definition) is 3. The van der Waals surface area contributed by atoms with E-state index in [4.69, 9.17) is 0 Å². The molecular weight excluding hydrogens is 314 g/mol. The molecule has 0 bridgehead atoms. The van der Waals surface area contributed by atoms with Gasteiger partial charge in [0.05, 0.1) is 18.3 Å². The third-order valence-electron chi connectivity index (χ3n) is 4.55. The van der Waals surface area contributed by atoms with Crippen molar-refractivity contribution in [3.8, 4) is 0 Å². The van der Waals surface area contributed by atoms with Crippen LogP contribution in [0, 0.1) is 11.6 Å². The minimum atomic E-state index is -0.444. The minimum absolute atomic E-state index is 0.196. The van der Waals surface area contributed by atoms with Crippen LogP contribution in [0.15, 0.2) is 36.7 Å². The summed E-state index contributed by atoms with van der Waals surface area (Å²) in [6, 6.07) is 5.16. The Bertz CT molecular complexity index is 924. The number of halogens is 2. The first-order chi connectivity index (χ1) is 11.7. The van der Waals surface area contributed by atoms with Crippen molar-refractivity contribution in [2.24, 2.45) is 0 Å². The van der Waals surface area contributed by atoms with Gasteiger partial charge in [0.25, 0.3) is 0 Å². The number of aromatic nitrogens is 3. The second kappa shape index (κ2) is 5.76.